The van der Waals surface area contributed by atoms with Gasteiger partial charge in [-0.3, -0.25) is 0 Å². The second kappa shape index (κ2) is 6.94. The van der Waals surface area contributed by atoms with Crippen molar-refractivity contribution in [2.45, 2.75) is 17.7 Å². The lowest BCUT2D eigenvalue weighted by Gasteiger charge is -2.06. The van der Waals surface area contributed by atoms with Gasteiger partial charge in [-0.2, -0.15) is 0 Å². The molecule has 124 valence electrons. The van der Waals surface area contributed by atoms with Crippen molar-refractivity contribution in [3.05, 3.63) is 77.2 Å². The van der Waals surface area contributed by atoms with Crippen molar-refractivity contribution < 1.29 is 4.39 Å². The van der Waals surface area contributed by atoms with Gasteiger partial charge in [0.1, 0.15) is 22.0 Å². The normalized spacial score (nSPS) is 11.1. The first kappa shape index (κ1) is 16.2. The molecule has 0 saturated heterocycles. The van der Waals surface area contributed by atoms with E-state index in [1.54, 1.807) is 41.6 Å². The summed E-state index contributed by atoms with van der Waals surface area (Å²) in [5.41, 5.74) is 4.51. The lowest BCUT2D eigenvalue weighted by Crippen LogP contribution is -1.88. The Morgan fingerprint density at radius 2 is 1.92 bits per heavy atom. The van der Waals surface area contributed by atoms with Crippen LogP contribution in [0.3, 0.4) is 0 Å². The van der Waals surface area contributed by atoms with Crippen LogP contribution < -0.4 is 0 Å². The monoisotopic (exact) mass is 366 g/mol. The van der Waals surface area contributed by atoms with Gasteiger partial charge in [-0.1, -0.05) is 42.0 Å². The molecule has 2 aromatic carbocycles. The van der Waals surface area contributed by atoms with Crippen LogP contribution in [0.2, 0.25) is 0 Å². The Morgan fingerprint density at radius 3 is 2.72 bits per heavy atom. The minimum Gasteiger partial charge on any atom is -0.229 e. The molecule has 0 spiro atoms. The maximum absolute atomic E-state index is 13.4. The second-order valence-corrected chi connectivity index (χ2v) is 7.62. The fourth-order valence-electron chi connectivity index (χ4n) is 2.68. The number of fused-ring (bicyclic) bond motifs is 1. The van der Waals surface area contributed by atoms with Crippen molar-refractivity contribution >= 4 is 33.3 Å². The molecule has 0 aliphatic carbocycles. The summed E-state index contributed by atoms with van der Waals surface area (Å²) in [6, 6.07) is 15.2. The Labute approximate surface area is 153 Å². The Balaban J connectivity index is 1.71. The summed E-state index contributed by atoms with van der Waals surface area (Å²) in [6.07, 6.45) is 1.60. The predicted octanol–water partition coefficient (Wildman–Crippen LogP) is 6.10. The van der Waals surface area contributed by atoms with Gasteiger partial charge in [0.15, 0.2) is 0 Å². The molecule has 2 heterocycles. The van der Waals surface area contributed by atoms with Gasteiger partial charge < -0.3 is 0 Å². The van der Waals surface area contributed by atoms with Gasteiger partial charge in [0.25, 0.3) is 0 Å². The minimum atomic E-state index is -0.207. The molecule has 0 N–H and O–H groups in total. The highest BCUT2D eigenvalue weighted by atomic mass is 32.2. The summed E-state index contributed by atoms with van der Waals surface area (Å²) in [5, 5.41) is 4.15. The summed E-state index contributed by atoms with van der Waals surface area (Å²) in [6.45, 7) is 2.08. The standard InChI is InChI=1S/C20H15FN2S2/c1-13-5-7-15(8-6-13)17-11-25-20-18(17)19(22-12-23-20)24-10-14-3-2-4-16(21)9-14/h2-9,11-12H,10H2,1H3. The van der Waals surface area contributed by atoms with Crippen LogP contribution in [0.25, 0.3) is 21.3 Å². The molecule has 5 heteroatoms. The molecule has 0 aliphatic rings. The number of benzene rings is 2. The second-order valence-electron chi connectivity index (χ2n) is 5.79. The van der Waals surface area contributed by atoms with Crippen molar-refractivity contribution in [1.29, 1.82) is 0 Å². The molecule has 2 nitrogen and oxygen atoms in total. The number of aromatic nitrogens is 2. The van der Waals surface area contributed by atoms with E-state index in [1.807, 2.05) is 6.07 Å². The zero-order valence-electron chi connectivity index (χ0n) is 13.6. The van der Waals surface area contributed by atoms with E-state index in [4.69, 9.17) is 0 Å². The first-order chi connectivity index (χ1) is 12.2. The molecule has 4 aromatic rings. The summed E-state index contributed by atoms with van der Waals surface area (Å²) < 4.78 is 13.4. The molecular formula is C20H15FN2S2. The van der Waals surface area contributed by atoms with Crippen molar-refractivity contribution in [2.24, 2.45) is 0 Å². The molecule has 0 bridgehead atoms. The maximum atomic E-state index is 13.4. The van der Waals surface area contributed by atoms with Crippen molar-refractivity contribution in [2.75, 3.05) is 0 Å². The number of hydrogen-bond acceptors (Lipinski definition) is 4. The number of rotatable bonds is 4. The molecule has 0 saturated carbocycles. The topological polar surface area (TPSA) is 25.8 Å². The third-order valence-electron chi connectivity index (χ3n) is 3.96. The quantitative estimate of drug-likeness (QED) is 0.322. The first-order valence-corrected chi connectivity index (χ1v) is 9.74. The highest BCUT2D eigenvalue weighted by molar-refractivity contribution is 7.98. The van der Waals surface area contributed by atoms with Crippen molar-refractivity contribution in [3.63, 3.8) is 0 Å². The Bertz CT molecular complexity index is 1030. The maximum Gasteiger partial charge on any atom is 0.128 e. The van der Waals surface area contributed by atoms with E-state index >= 15 is 0 Å². The number of hydrogen-bond donors (Lipinski definition) is 0. The van der Waals surface area contributed by atoms with Gasteiger partial charge in [0.05, 0.1) is 5.39 Å². The minimum absolute atomic E-state index is 0.207. The van der Waals surface area contributed by atoms with E-state index in [9.17, 15) is 4.39 Å². The molecule has 0 atom stereocenters. The highest BCUT2D eigenvalue weighted by Gasteiger charge is 2.13. The Hall–Kier alpha value is -2.24. The van der Waals surface area contributed by atoms with Crippen LogP contribution in [0.1, 0.15) is 11.1 Å². The zero-order chi connectivity index (χ0) is 17.2. The van der Waals surface area contributed by atoms with E-state index in [-0.39, 0.29) is 5.82 Å². The molecule has 25 heavy (non-hydrogen) atoms. The lowest BCUT2D eigenvalue weighted by atomic mass is 10.1. The van der Waals surface area contributed by atoms with Gasteiger partial charge >= 0.3 is 0 Å². The third-order valence-corrected chi connectivity index (χ3v) is 5.91. The van der Waals surface area contributed by atoms with Crippen LogP contribution in [-0.2, 0) is 5.75 Å². The molecule has 4 rings (SSSR count). The van der Waals surface area contributed by atoms with E-state index in [0.717, 1.165) is 26.4 Å². The molecular weight excluding hydrogens is 351 g/mol. The van der Waals surface area contributed by atoms with Gasteiger partial charge in [-0.05, 0) is 30.2 Å². The van der Waals surface area contributed by atoms with Crippen LogP contribution in [0, 0.1) is 12.7 Å². The SMILES string of the molecule is Cc1ccc(-c2csc3ncnc(SCc4cccc(F)c4)c23)cc1. The fraction of sp³-hybridized carbons (Fsp3) is 0.100. The van der Waals surface area contributed by atoms with Gasteiger partial charge in [-0.25, -0.2) is 14.4 Å². The molecule has 0 aliphatic heterocycles. The predicted molar refractivity (Wildman–Crippen MR) is 104 cm³/mol. The smallest absolute Gasteiger partial charge is 0.128 e. The molecule has 2 aromatic heterocycles. The third kappa shape index (κ3) is 3.43. The number of halogens is 1. The number of thiophene rings is 1. The number of nitrogens with zero attached hydrogens (tertiary/aromatic N) is 2. The van der Waals surface area contributed by atoms with Crippen molar-refractivity contribution in [3.8, 4) is 11.1 Å². The molecule has 0 unspecified atom stereocenters. The van der Waals surface area contributed by atoms with Crippen LogP contribution in [-0.4, -0.2) is 9.97 Å². The van der Waals surface area contributed by atoms with E-state index in [2.05, 4.69) is 46.5 Å². The van der Waals surface area contributed by atoms with E-state index in [0.29, 0.717) is 5.75 Å². The zero-order valence-corrected chi connectivity index (χ0v) is 15.2. The van der Waals surface area contributed by atoms with E-state index in [1.165, 1.54) is 17.2 Å². The summed E-state index contributed by atoms with van der Waals surface area (Å²) >= 11 is 3.24. The lowest BCUT2D eigenvalue weighted by molar-refractivity contribution is 0.626. The average Bonchev–Trinajstić information content (AvgIpc) is 3.05. The summed E-state index contributed by atoms with van der Waals surface area (Å²) in [4.78, 5) is 9.87. The van der Waals surface area contributed by atoms with Crippen LogP contribution in [0.4, 0.5) is 4.39 Å². The molecule has 0 fully saturated rings. The Kier molecular flexibility index (Phi) is 4.51. The molecule has 0 radical (unpaired) electrons. The summed E-state index contributed by atoms with van der Waals surface area (Å²) in [5.74, 6) is 0.467. The largest absolute Gasteiger partial charge is 0.229 e. The fourth-order valence-corrected chi connectivity index (χ4v) is 4.62. The van der Waals surface area contributed by atoms with Crippen molar-refractivity contribution in [1.82, 2.24) is 9.97 Å². The van der Waals surface area contributed by atoms with Crippen LogP contribution in [0.15, 0.2) is 65.3 Å². The van der Waals surface area contributed by atoms with Gasteiger partial charge in [0.2, 0.25) is 0 Å². The number of thioether (sulfide) groups is 1. The van der Waals surface area contributed by atoms with E-state index < -0.39 is 0 Å². The summed E-state index contributed by atoms with van der Waals surface area (Å²) in [7, 11) is 0. The first-order valence-electron chi connectivity index (χ1n) is 7.87. The van der Waals surface area contributed by atoms with Gasteiger partial charge in [0, 0.05) is 16.7 Å². The number of aryl methyl sites for hydroxylation is 1. The Morgan fingerprint density at radius 1 is 1.08 bits per heavy atom. The van der Waals surface area contributed by atoms with Gasteiger partial charge in [-0.15, -0.1) is 23.1 Å². The van der Waals surface area contributed by atoms with Crippen LogP contribution in [0.5, 0.6) is 0 Å². The highest BCUT2D eigenvalue weighted by Crippen LogP contribution is 2.38. The van der Waals surface area contributed by atoms with Crippen LogP contribution >= 0.6 is 23.1 Å². The average molecular weight is 366 g/mol. The molecule has 0 amide bonds.